The van der Waals surface area contributed by atoms with Gasteiger partial charge in [-0.2, -0.15) is 0 Å². The van der Waals surface area contributed by atoms with Gasteiger partial charge in [-0.3, -0.25) is 4.57 Å². The number of guanidine groups is 1. The van der Waals surface area contributed by atoms with Crippen molar-refractivity contribution >= 4 is 29.9 Å². The summed E-state index contributed by atoms with van der Waals surface area (Å²) < 4.78 is 7.25. The Labute approximate surface area is 163 Å². The van der Waals surface area contributed by atoms with E-state index in [0.29, 0.717) is 19.0 Å². The number of aliphatic imine (C=N–C) groups is 1. The third-order valence-corrected chi connectivity index (χ3v) is 3.39. The summed E-state index contributed by atoms with van der Waals surface area (Å²) in [6.45, 7) is 3.79. The van der Waals surface area contributed by atoms with E-state index in [9.17, 15) is 0 Å². The molecule has 0 saturated heterocycles. The molecule has 0 aliphatic rings. The Morgan fingerprint density at radius 1 is 1.16 bits per heavy atom. The van der Waals surface area contributed by atoms with E-state index < -0.39 is 0 Å². The van der Waals surface area contributed by atoms with Gasteiger partial charge in [0.1, 0.15) is 18.6 Å². The number of rotatable bonds is 6. The monoisotopic (exact) mass is 452 g/mol. The number of aromatic nitrogens is 3. The number of hydrogen-bond acceptors (Lipinski definition) is 4. The highest BCUT2D eigenvalue weighted by molar-refractivity contribution is 14.0. The van der Waals surface area contributed by atoms with Crippen LogP contribution in [0, 0.1) is 0 Å². The minimum Gasteiger partial charge on any atom is -0.467 e. The number of hydrogen-bond donors (Lipinski definition) is 2. The highest BCUT2D eigenvalue weighted by Gasteiger charge is 2.06. The van der Waals surface area contributed by atoms with Crippen LogP contribution in [-0.2, 0) is 13.1 Å². The van der Waals surface area contributed by atoms with Crippen molar-refractivity contribution in [3.05, 3.63) is 66.6 Å². The standard InChI is InChI=1S/C17H20N6O.HI/c1-2-18-17(19-11-15-9-6-10-24-15)20-12-16-22-21-13-23(16)14-7-4-3-5-8-14;/h3-10,13H,2,11-12H2,1H3,(H2,18,19,20);1H. The minimum atomic E-state index is 0. The highest BCUT2D eigenvalue weighted by atomic mass is 127. The molecule has 25 heavy (non-hydrogen) atoms. The second kappa shape index (κ2) is 9.82. The topological polar surface area (TPSA) is 80.3 Å². The molecule has 0 saturated carbocycles. The van der Waals surface area contributed by atoms with Gasteiger partial charge in [0.05, 0.1) is 12.8 Å². The van der Waals surface area contributed by atoms with Gasteiger partial charge < -0.3 is 15.1 Å². The van der Waals surface area contributed by atoms with Gasteiger partial charge in [0, 0.05) is 12.2 Å². The molecule has 0 bridgehead atoms. The molecule has 0 unspecified atom stereocenters. The van der Waals surface area contributed by atoms with Crippen molar-refractivity contribution in [1.82, 2.24) is 25.4 Å². The van der Waals surface area contributed by atoms with Gasteiger partial charge in [-0.1, -0.05) is 18.2 Å². The first kappa shape index (κ1) is 19.0. The number of halogens is 1. The molecule has 7 nitrogen and oxygen atoms in total. The first-order chi connectivity index (χ1) is 11.9. The van der Waals surface area contributed by atoms with Gasteiger partial charge in [0.15, 0.2) is 11.8 Å². The molecular formula is C17H21IN6O. The number of para-hydroxylation sites is 1. The summed E-state index contributed by atoms with van der Waals surface area (Å²) in [7, 11) is 0. The Kier molecular flexibility index (Phi) is 7.45. The first-order valence-electron chi connectivity index (χ1n) is 7.85. The Bertz CT molecular complexity index is 770. The van der Waals surface area contributed by atoms with E-state index in [2.05, 4.69) is 25.8 Å². The van der Waals surface area contributed by atoms with Gasteiger partial charge in [-0.15, -0.1) is 34.2 Å². The molecule has 2 aromatic heterocycles. The largest absolute Gasteiger partial charge is 0.467 e. The van der Waals surface area contributed by atoms with E-state index in [4.69, 9.17) is 4.42 Å². The molecular weight excluding hydrogens is 431 g/mol. The Balaban J connectivity index is 0.00000225. The van der Waals surface area contributed by atoms with Crippen LogP contribution >= 0.6 is 24.0 Å². The summed E-state index contributed by atoms with van der Waals surface area (Å²) in [5.41, 5.74) is 1.02. The molecule has 2 N–H and O–H groups in total. The predicted molar refractivity (Wildman–Crippen MR) is 107 cm³/mol. The fourth-order valence-corrected chi connectivity index (χ4v) is 2.25. The first-order valence-corrected chi connectivity index (χ1v) is 7.85. The molecule has 0 amide bonds. The van der Waals surface area contributed by atoms with Crippen molar-refractivity contribution in [3.8, 4) is 5.69 Å². The molecule has 0 aliphatic carbocycles. The molecule has 132 valence electrons. The molecule has 0 spiro atoms. The summed E-state index contributed by atoms with van der Waals surface area (Å²) in [4.78, 5) is 4.57. The fourth-order valence-electron chi connectivity index (χ4n) is 2.25. The van der Waals surface area contributed by atoms with E-state index in [1.54, 1.807) is 12.6 Å². The second-order valence-electron chi connectivity index (χ2n) is 5.08. The van der Waals surface area contributed by atoms with Crippen molar-refractivity contribution in [2.75, 3.05) is 6.54 Å². The second-order valence-corrected chi connectivity index (χ2v) is 5.08. The van der Waals surface area contributed by atoms with Crippen molar-refractivity contribution < 1.29 is 4.42 Å². The molecule has 0 atom stereocenters. The Morgan fingerprint density at radius 2 is 2.00 bits per heavy atom. The van der Waals surface area contributed by atoms with Gasteiger partial charge in [0.2, 0.25) is 0 Å². The minimum absolute atomic E-state index is 0. The van der Waals surface area contributed by atoms with Crippen molar-refractivity contribution in [2.45, 2.75) is 20.0 Å². The maximum Gasteiger partial charge on any atom is 0.192 e. The number of benzene rings is 1. The van der Waals surface area contributed by atoms with E-state index in [-0.39, 0.29) is 24.0 Å². The average molecular weight is 452 g/mol. The molecule has 0 aliphatic heterocycles. The highest BCUT2D eigenvalue weighted by Crippen LogP contribution is 2.09. The van der Waals surface area contributed by atoms with Gasteiger partial charge in [-0.25, -0.2) is 4.99 Å². The molecule has 0 radical (unpaired) electrons. The Morgan fingerprint density at radius 3 is 2.72 bits per heavy atom. The molecule has 8 heteroatoms. The number of furan rings is 1. The average Bonchev–Trinajstić information content (AvgIpc) is 3.29. The van der Waals surface area contributed by atoms with Crippen LogP contribution < -0.4 is 10.6 Å². The van der Waals surface area contributed by atoms with Crippen LogP contribution in [0.25, 0.3) is 5.69 Å². The van der Waals surface area contributed by atoms with Crippen LogP contribution in [0.15, 0.2) is 64.5 Å². The summed E-state index contributed by atoms with van der Waals surface area (Å²) in [6, 6.07) is 13.8. The summed E-state index contributed by atoms with van der Waals surface area (Å²) in [5, 5.41) is 14.6. The van der Waals surface area contributed by atoms with Crippen LogP contribution in [0.5, 0.6) is 0 Å². The number of nitrogens with one attached hydrogen (secondary N) is 2. The molecule has 2 heterocycles. The van der Waals surface area contributed by atoms with Crippen LogP contribution in [0.1, 0.15) is 18.5 Å². The molecule has 3 rings (SSSR count). The van der Waals surface area contributed by atoms with Crippen molar-refractivity contribution in [3.63, 3.8) is 0 Å². The fraction of sp³-hybridized carbons (Fsp3) is 0.235. The third kappa shape index (κ3) is 5.31. The zero-order valence-electron chi connectivity index (χ0n) is 13.9. The molecule has 3 aromatic rings. The van der Waals surface area contributed by atoms with E-state index >= 15 is 0 Å². The maximum absolute atomic E-state index is 5.32. The van der Waals surface area contributed by atoms with Crippen LogP contribution in [0.3, 0.4) is 0 Å². The lowest BCUT2D eigenvalue weighted by Crippen LogP contribution is -2.36. The van der Waals surface area contributed by atoms with Crippen LogP contribution in [-0.4, -0.2) is 27.3 Å². The summed E-state index contributed by atoms with van der Waals surface area (Å²) in [5.74, 6) is 2.33. The van der Waals surface area contributed by atoms with Crippen LogP contribution in [0.4, 0.5) is 0 Å². The van der Waals surface area contributed by atoms with Gasteiger partial charge in [-0.05, 0) is 31.2 Å². The van der Waals surface area contributed by atoms with Crippen LogP contribution in [0.2, 0.25) is 0 Å². The lowest BCUT2D eigenvalue weighted by atomic mass is 10.3. The number of nitrogens with zero attached hydrogens (tertiary/aromatic N) is 4. The SMILES string of the molecule is CCNC(=NCc1nncn1-c1ccccc1)NCc1ccco1.I. The lowest BCUT2D eigenvalue weighted by Gasteiger charge is -2.10. The smallest absolute Gasteiger partial charge is 0.192 e. The lowest BCUT2D eigenvalue weighted by molar-refractivity contribution is 0.501. The quantitative estimate of drug-likeness (QED) is 0.342. The summed E-state index contributed by atoms with van der Waals surface area (Å²) in [6.07, 6.45) is 3.35. The third-order valence-electron chi connectivity index (χ3n) is 3.39. The van der Waals surface area contributed by atoms with E-state index in [1.165, 1.54) is 0 Å². The predicted octanol–water partition coefficient (Wildman–Crippen LogP) is 2.73. The van der Waals surface area contributed by atoms with E-state index in [0.717, 1.165) is 23.8 Å². The zero-order valence-corrected chi connectivity index (χ0v) is 16.3. The maximum atomic E-state index is 5.32. The Hall–Kier alpha value is -2.36. The summed E-state index contributed by atoms with van der Waals surface area (Å²) >= 11 is 0. The van der Waals surface area contributed by atoms with Gasteiger partial charge in [0.25, 0.3) is 0 Å². The molecule has 1 aromatic carbocycles. The van der Waals surface area contributed by atoms with Crippen molar-refractivity contribution in [1.29, 1.82) is 0 Å². The van der Waals surface area contributed by atoms with Crippen molar-refractivity contribution in [2.24, 2.45) is 4.99 Å². The normalized spacial score (nSPS) is 11.0. The van der Waals surface area contributed by atoms with E-state index in [1.807, 2.05) is 54.0 Å². The van der Waals surface area contributed by atoms with Gasteiger partial charge >= 0.3 is 0 Å². The zero-order chi connectivity index (χ0) is 16.6. The molecule has 0 fully saturated rings.